The number of carbonyl (C=O) groups excluding carboxylic acids is 1. The molecule has 3 aromatic rings. The third-order valence-corrected chi connectivity index (χ3v) is 3.77. The topological polar surface area (TPSA) is 79.8 Å². The molecule has 25 heavy (non-hydrogen) atoms. The third kappa shape index (κ3) is 4.60. The van der Waals surface area contributed by atoms with Gasteiger partial charge in [0.05, 0.1) is 12.2 Å². The molecule has 0 bridgehead atoms. The molecule has 0 radical (unpaired) electrons. The summed E-state index contributed by atoms with van der Waals surface area (Å²) in [6, 6.07) is 17.0. The predicted octanol–water partition coefficient (Wildman–Crippen LogP) is 2.72. The Morgan fingerprint density at radius 1 is 0.960 bits per heavy atom. The fourth-order valence-corrected chi connectivity index (χ4v) is 2.31. The van der Waals surface area contributed by atoms with Crippen LogP contribution in [0, 0.1) is 6.92 Å². The SMILES string of the molecule is Cc1ccccc1CNC(=O)c1ccc(NCc2ccccn2)nn1. The van der Waals surface area contributed by atoms with Gasteiger partial charge in [-0.2, -0.15) is 0 Å². The van der Waals surface area contributed by atoms with Crippen LogP contribution in [0.4, 0.5) is 5.82 Å². The number of carbonyl (C=O) groups is 1. The molecule has 1 amide bonds. The number of nitrogens with one attached hydrogen (secondary N) is 2. The fraction of sp³-hybridized carbons (Fsp3) is 0.158. The van der Waals surface area contributed by atoms with Crippen LogP contribution in [0.3, 0.4) is 0 Å². The van der Waals surface area contributed by atoms with E-state index in [0.717, 1.165) is 16.8 Å². The van der Waals surface area contributed by atoms with E-state index in [1.807, 2.05) is 49.4 Å². The number of amides is 1. The second-order valence-electron chi connectivity index (χ2n) is 5.59. The van der Waals surface area contributed by atoms with Crippen LogP contribution < -0.4 is 10.6 Å². The molecule has 1 aromatic carbocycles. The molecule has 6 heteroatoms. The molecule has 0 unspecified atom stereocenters. The summed E-state index contributed by atoms with van der Waals surface area (Å²) in [5.41, 5.74) is 3.42. The van der Waals surface area contributed by atoms with E-state index < -0.39 is 0 Å². The van der Waals surface area contributed by atoms with E-state index in [4.69, 9.17) is 0 Å². The minimum Gasteiger partial charge on any atom is -0.363 e. The zero-order chi connectivity index (χ0) is 17.5. The number of pyridine rings is 1. The van der Waals surface area contributed by atoms with Gasteiger partial charge in [-0.3, -0.25) is 9.78 Å². The van der Waals surface area contributed by atoms with Crippen LogP contribution in [0.1, 0.15) is 27.3 Å². The molecule has 0 aliphatic rings. The van der Waals surface area contributed by atoms with E-state index in [1.54, 1.807) is 18.3 Å². The van der Waals surface area contributed by atoms with Crippen LogP contribution in [-0.4, -0.2) is 21.1 Å². The zero-order valence-electron chi connectivity index (χ0n) is 13.9. The molecule has 0 aliphatic carbocycles. The minimum atomic E-state index is -0.243. The maximum absolute atomic E-state index is 12.2. The van der Waals surface area contributed by atoms with Crippen molar-refractivity contribution >= 4 is 11.7 Å². The Kier molecular flexibility index (Phi) is 5.31. The normalized spacial score (nSPS) is 10.3. The first-order valence-electron chi connectivity index (χ1n) is 8.02. The number of nitrogens with zero attached hydrogens (tertiary/aromatic N) is 3. The third-order valence-electron chi connectivity index (χ3n) is 3.77. The maximum atomic E-state index is 12.2. The van der Waals surface area contributed by atoms with E-state index in [9.17, 15) is 4.79 Å². The number of aryl methyl sites for hydroxylation is 1. The molecule has 2 aromatic heterocycles. The monoisotopic (exact) mass is 333 g/mol. The summed E-state index contributed by atoms with van der Waals surface area (Å²) in [5.74, 6) is 0.355. The van der Waals surface area contributed by atoms with Crippen LogP contribution >= 0.6 is 0 Å². The average Bonchev–Trinajstić information content (AvgIpc) is 2.67. The second kappa shape index (κ2) is 8.01. The number of hydrogen-bond donors (Lipinski definition) is 2. The smallest absolute Gasteiger partial charge is 0.272 e. The molecule has 0 saturated carbocycles. The summed E-state index contributed by atoms with van der Waals surface area (Å²) in [6.45, 7) is 3.03. The first kappa shape index (κ1) is 16.6. The number of anilines is 1. The highest BCUT2D eigenvalue weighted by Crippen LogP contribution is 2.07. The quantitative estimate of drug-likeness (QED) is 0.725. The molecule has 0 atom stereocenters. The molecule has 126 valence electrons. The van der Waals surface area contributed by atoms with Crippen LogP contribution in [0.5, 0.6) is 0 Å². The molecule has 0 fully saturated rings. The maximum Gasteiger partial charge on any atom is 0.272 e. The predicted molar refractivity (Wildman–Crippen MR) is 95.9 cm³/mol. The van der Waals surface area contributed by atoms with Gasteiger partial charge in [-0.15, -0.1) is 10.2 Å². The molecule has 0 aliphatic heterocycles. The van der Waals surface area contributed by atoms with Crippen LogP contribution in [0.2, 0.25) is 0 Å². The first-order chi connectivity index (χ1) is 12.2. The second-order valence-corrected chi connectivity index (χ2v) is 5.59. The van der Waals surface area contributed by atoms with Gasteiger partial charge < -0.3 is 10.6 Å². The Morgan fingerprint density at radius 3 is 2.52 bits per heavy atom. The summed E-state index contributed by atoms with van der Waals surface area (Å²) >= 11 is 0. The largest absolute Gasteiger partial charge is 0.363 e. The highest BCUT2D eigenvalue weighted by molar-refractivity contribution is 5.92. The average molecular weight is 333 g/mol. The summed E-state index contributed by atoms with van der Waals surface area (Å²) in [4.78, 5) is 16.4. The lowest BCUT2D eigenvalue weighted by Gasteiger charge is -2.08. The van der Waals surface area contributed by atoms with E-state index in [2.05, 4.69) is 25.8 Å². The number of hydrogen-bond acceptors (Lipinski definition) is 5. The molecular weight excluding hydrogens is 314 g/mol. The first-order valence-corrected chi connectivity index (χ1v) is 8.02. The van der Waals surface area contributed by atoms with Crippen molar-refractivity contribution < 1.29 is 4.79 Å². The Morgan fingerprint density at radius 2 is 1.80 bits per heavy atom. The lowest BCUT2D eigenvalue weighted by molar-refractivity contribution is 0.0945. The summed E-state index contributed by atoms with van der Waals surface area (Å²) in [6.07, 6.45) is 1.74. The van der Waals surface area contributed by atoms with Gasteiger partial charge in [0, 0.05) is 12.7 Å². The number of benzene rings is 1. The van der Waals surface area contributed by atoms with Crippen molar-refractivity contribution in [3.05, 3.63) is 83.3 Å². The zero-order valence-corrected chi connectivity index (χ0v) is 13.9. The number of rotatable bonds is 6. The van der Waals surface area contributed by atoms with Gasteiger partial charge >= 0.3 is 0 Å². The molecule has 0 saturated heterocycles. The Hall–Kier alpha value is -3.28. The Labute approximate surface area is 146 Å². The highest BCUT2D eigenvalue weighted by atomic mass is 16.1. The van der Waals surface area contributed by atoms with Crippen molar-refractivity contribution in [2.75, 3.05) is 5.32 Å². The van der Waals surface area contributed by atoms with Crippen LogP contribution in [-0.2, 0) is 13.1 Å². The molecule has 0 spiro atoms. The van der Waals surface area contributed by atoms with Crippen LogP contribution in [0.25, 0.3) is 0 Å². The van der Waals surface area contributed by atoms with Gasteiger partial charge in [-0.25, -0.2) is 0 Å². The van der Waals surface area contributed by atoms with Crippen LogP contribution in [0.15, 0.2) is 60.8 Å². The lowest BCUT2D eigenvalue weighted by Crippen LogP contribution is -2.24. The van der Waals surface area contributed by atoms with E-state index in [0.29, 0.717) is 18.9 Å². The summed E-state index contributed by atoms with van der Waals surface area (Å²) < 4.78 is 0. The van der Waals surface area contributed by atoms with E-state index in [1.165, 1.54) is 0 Å². The molecular formula is C19H19N5O. The lowest BCUT2D eigenvalue weighted by atomic mass is 10.1. The number of aromatic nitrogens is 3. The van der Waals surface area contributed by atoms with Gasteiger partial charge in [0.15, 0.2) is 5.69 Å². The van der Waals surface area contributed by atoms with Crippen molar-refractivity contribution in [2.24, 2.45) is 0 Å². The summed E-state index contributed by atoms with van der Waals surface area (Å²) in [5, 5.41) is 14.0. The standard InChI is InChI=1S/C19H19N5O/c1-14-6-2-3-7-15(14)12-22-19(25)17-9-10-18(24-23-17)21-13-16-8-4-5-11-20-16/h2-11H,12-13H2,1H3,(H,21,24)(H,22,25). The van der Waals surface area contributed by atoms with Gasteiger partial charge in [-0.05, 0) is 42.3 Å². The Balaban J connectivity index is 1.54. The molecule has 2 N–H and O–H groups in total. The van der Waals surface area contributed by atoms with Crippen molar-refractivity contribution in [2.45, 2.75) is 20.0 Å². The van der Waals surface area contributed by atoms with E-state index >= 15 is 0 Å². The highest BCUT2D eigenvalue weighted by Gasteiger charge is 2.08. The van der Waals surface area contributed by atoms with Gasteiger partial charge in [0.2, 0.25) is 0 Å². The van der Waals surface area contributed by atoms with Crippen molar-refractivity contribution in [3.8, 4) is 0 Å². The fourth-order valence-electron chi connectivity index (χ4n) is 2.31. The van der Waals surface area contributed by atoms with Crippen molar-refractivity contribution in [1.82, 2.24) is 20.5 Å². The van der Waals surface area contributed by atoms with Crippen molar-refractivity contribution in [3.63, 3.8) is 0 Å². The molecule has 2 heterocycles. The van der Waals surface area contributed by atoms with Gasteiger partial charge in [-0.1, -0.05) is 30.3 Å². The van der Waals surface area contributed by atoms with Crippen molar-refractivity contribution in [1.29, 1.82) is 0 Å². The minimum absolute atomic E-state index is 0.243. The molecule has 3 rings (SSSR count). The Bertz CT molecular complexity index is 834. The van der Waals surface area contributed by atoms with Gasteiger partial charge in [0.1, 0.15) is 5.82 Å². The van der Waals surface area contributed by atoms with E-state index in [-0.39, 0.29) is 11.6 Å². The molecule has 6 nitrogen and oxygen atoms in total. The van der Waals surface area contributed by atoms with Gasteiger partial charge in [0.25, 0.3) is 5.91 Å². The summed E-state index contributed by atoms with van der Waals surface area (Å²) in [7, 11) is 0.